The zero-order valence-corrected chi connectivity index (χ0v) is 44.5. The van der Waals surface area contributed by atoms with Gasteiger partial charge in [-0.15, -0.1) is 0 Å². The summed E-state index contributed by atoms with van der Waals surface area (Å²) in [5.74, 6) is -5.21. The molecule has 0 radical (unpaired) electrons. The molecule has 4 aliphatic rings. The quantitative estimate of drug-likeness (QED) is 0.0612. The summed E-state index contributed by atoms with van der Waals surface area (Å²) in [5, 5.41) is 14.3. The van der Waals surface area contributed by atoms with Crippen molar-refractivity contribution < 1.29 is 64.8 Å². The molecule has 4 fully saturated rings. The number of halogens is 6. The number of alkyl carbamates (subject to hydrolysis) is 1. The number of ether oxygens (including phenoxy) is 3. The summed E-state index contributed by atoms with van der Waals surface area (Å²) in [5.41, 5.74) is 0.699. The van der Waals surface area contributed by atoms with Crippen molar-refractivity contribution in [2.45, 2.75) is 101 Å². The lowest BCUT2D eigenvalue weighted by Gasteiger charge is -2.38. The second kappa shape index (κ2) is 22.7. The lowest BCUT2D eigenvalue weighted by atomic mass is 10.0. The molecule has 8 atom stereocenters. The number of carbonyl (C=O) groups excluding carboxylic acids is 3. The van der Waals surface area contributed by atoms with Crippen molar-refractivity contribution in [2.24, 2.45) is 0 Å². The molecule has 0 aliphatic carbocycles. The molecule has 5 N–H and O–H groups in total. The number of nitrogens with zero attached hydrogens (tertiary/aromatic N) is 7. The van der Waals surface area contributed by atoms with E-state index in [4.69, 9.17) is 24.2 Å². The maximum atomic E-state index is 17.0. The van der Waals surface area contributed by atoms with Crippen LogP contribution in [0.15, 0.2) is 54.6 Å². The molecule has 0 spiro atoms. The predicted molar refractivity (Wildman–Crippen MR) is 281 cm³/mol. The Hall–Kier alpha value is -7.80. The number of imidazole rings is 2. The van der Waals surface area contributed by atoms with Gasteiger partial charge in [-0.1, -0.05) is 6.07 Å². The van der Waals surface area contributed by atoms with Gasteiger partial charge in [0.15, 0.2) is 11.6 Å². The molecular weight excluding hydrogens is 1060 g/mol. The average Bonchev–Trinajstić information content (AvgIpc) is 4.31. The van der Waals surface area contributed by atoms with Gasteiger partial charge in [0.2, 0.25) is 11.8 Å². The molecule has 6 heterocycles. The molecule has 10 rings (SSSR count). The number of nitrogens with one attached hydrogen (secondary N) is 4. The zero-order chi connectivity index (χ0) is 56.8. The maximum absolute atomic E-state index is 17.0. The van der Waals surface area contributed by atoms with E-state index in [-0.39, 0.29) is 79.3 Å². The number of carboxylic acid groups (broad SMARTS) is 1. The van der Waals surface area contributed by atoms with Gasteiger partial charge in [-0.3, -0.25) is 9.59 Å². The van der Waals surface area contributed by atoms with Gasteiger partial charge in [-0.2, -0.15) is 0 Å². The van der Waals surface area contributed by atoms with Crippen molar-refractivity contribution >= 4 is 63.1 Å². The van der Waals surface area contributed by atoms with Crippen LogP contribution in [0.3, 0.4) is 0 Å². The third kappa shape index (κ3) is 10.5. The fourth-order valence-electron chi connectivity index (χ4n) is 12.0. The summed E-state index contributed by atoms with van der Waals surface area (Å²) >= 11 is 0. The summed E-state index contributed by atoms with van der Waals surface area (Å²) < 4.78 is 113. The number of fused-ring (bicyclic) bond motifs is 2. The van der Waals surface area contributed by atoms with Gasteiger partial charge in [0.25, 0.3) is 0 Å². The molecule has 80 heavy (non-hydrogen) atoms. The smallest absolute Gasteiger partial charge is 0.407 e. The van der Waals surface area contributed by atoms with Crippen molar-refractivity contribution in [3.8, 4) is 0 Å². The predicted octanol–water partition coefficient (Wildman–Crippen LogP) is 8.44. The molecule has 4 aromatic carbocycles. The van der Waals surface area contributed by atoms with Gasteiger partial charge in [0.05, 0.1) is 65.6 Å². The van der Waals surface area contributed by atoms with E-state index in [9.17, 15) is 33.1 Å². The second-order valence-electron chi connectivity index (χ2n) is 20.6. The number of piperazine rings is 1. The molecule has 4 saturated heterocycles. The first kappa shape index (κ1) is 55.5. The topological polar surface area (TPSA) is 214 Å². The largest absolute Gasteiger partial charge is 0.465 e. The van der Waals surface area contributed by atoms with E-state index in [1.54, 1.807) is 23.6 Å². The molecule has 1 unspecified atom stereocenters. The number of carbonyl (C=O) groups is 4. The highest BCUT2D eigenvalue weighted by molar-refractivity contribution is 5.88. The first-order chi connectivity index (χ1) is 38.4. The summed E-state index contributed by atoms with van der Waals surface area (Å²) in [6, 6.07) is 5.76. The van der Waals surface area contributed by atoms with Crippen molar-refractivity contribution in [3.05, 3.63) is 112 Å². The van der Waals surface area contributed by atoms with E-state index < -0.39 is 107 Å². The number of likely N-dealkylation sites (tertiary alicyclic amines) is 2. The van der Waals surface area contributed by atoms with E-state index in [1.165, 1.54) is 66.4 Å². The Labute approximate surface area is 455 Å². The molecular formula is C55H61F6N11O8. The van der Waals surface area contributed by atoms with Crippen LogP contribution in [-0.2, 0) is 23.8 Å². The summed E-state index contributed by atoms with van der Waals surface area (Å²) in [4.78, 5) is 75.5. The monoisotopic (exact) mass is 1120 g/mol. The molecule has 0 saturated carbocycles. The number of para-hydroxylation sites is 1. The Balaban J connectivity index is 0.999. The summed E-state index contributed by atoms with van der Waals surface area (Å²) in [6.07, 6.45) is -1.35. The normalized spacial score (nSPS) is 21.1. The van der Waals surface area contributed by atoms with Gasteiger partial charge in [-0.05, 0) is 101 Å². The van der Waals surface area contributed by atoms with Gasteiger partial charge in [-0.25, -0.2) is 45.9 Å². The summed E-state index contributed by atoms with van der Waals surface area (Å²) in [6.45, 7) is 3.91. The van der Waals surface area contributed by atoms with Crippen molar-refractivity contribution in [1.82, 2.24) is 40.4 Å². The van der Waals surface area contributed by atoms with E-state index in [2.05, 4.69) is 20.6 Å². The van der Waals surface area contributed by atoms with Crippen LogP contribution in [0.5, 0.6) is 0 Å². The number of methoxy groups -OCH3 is 3. The van der Waals surface area contributed by atoms with Crippen LogP contribution in [-0.4, -0.2) is 144 Å². The van der Waals surface area contributed by atoms with E-state index >= 15 is 17.6 Å². The number of hydrogen-bond donors (Lipinski definition) is 5. The molecule has 2 aromatic heterocycles. The number of rotatable bonds is 15. The third-order valence-corrected chi connectivity index (χ3v) is 16.1. The molecule has 6 aromatic rings. The Morgan fingerprint density at radius 1 is 0.588 bits per heavy atom. The second-order valence-corrected chi connectivity index (χ2v) is 20.6. The summed E-state index contributed by atoms with van der Waals surface area (Å²) in [7, 11) is 3.94. The molecule has 4 aliphatic heterocycles. The molecule has 25 heteroatoms. The highest BCUT2D eigenvalue weighted by atomic mass is 19.2. The van der Waals surface area contributed by atoms with Gasteiger partial charge in [0, 0.05) is 70.3 Å². The minimum absolute atomic E-state index is 0.00651. The van der Waals surface area contributed by atoms with Crippen LogP contribution in [0.4, 0.5) is 53.0 Å². The van der Waals surface area contributed by atoms with Crippen molar-refractivity contribution in [2.75, 3.05) is 75.3 Å². The zero-order valence-electron chi connectivity index (χ0n) is 44.5. The number of benzene rings is 4. The number of H-pyrrole nitrogens is 2. The van der Waals surface area contributed by atoms with Crippen LogP contribution in [0.1, 0.15) is 99.3 Å². The lowest BCUT2D eigenvalue weighted by molar-refractivity contribution is -0.138. The Bertz CT molecular complexity index is 3300. The Kier molecular flexibility index (Phi) is 15.8. The SMILES string of the molecule is COC(=O)N[C@H](C(=O)N1CCC[C@H]1c1nc2cc([C@H]3CC[C@H](c4cc5nc([C@@H]6CCCN6C(=O)[C@@H](NC(=O)O)[C@@H](C)OC)[nH]c5cc4F)N3c3cc(F)c(N4CCN(c5c(F)cccc5F)CC4)c(F)c3)c(F)cc2[nH]1)C(C)OC. The van der Waals surface area contributed by atoms with Crippen LogP contribution in [0.25, 0.3) is 22.1 Å². The van der Waals surface area contributed by atoms with E-state index in [1.807, 2.05) is 0 Å². The van der Waals surface area contributed by atoms with Crippen molar-refractivity contribution in [1.29, 1.82) is 0 Å². The number of aromatic nitrogens is 4. The molecule has 4 amide bonds. The molecule has 19 nitrogen and oxygen atoms in total. The first-order valence-electron chi connectivity index (χ1n) is 26.5. The molecule has 426 valence electrons. The van der Waals surface area contributed by atoms with E-state index in [0.717, 1.165) is 24.3 Å². The maximum Gasteiger partial charge on any atom is 0.407 e. The highest BCUT2D eigenvalue weighted by Crippen LogP contribution is 2.50. The number of hydrogen-bond acceptors (Lipinski definition) is 12. The number of amides is 4. The average molecular weight is 1120 g/mol. The number of anilines is 3. The minimum atomic E-state index is -1.41. The number of aromatic amines is 2. The van der Waals surface area contributed by atoms with Gasteiger partial charge in [0.1, 0.15) is 58.4 Å². The Morgan fingerprint density at radius 3 is 1.45 bits per heavy atom. The fraction of sp³-hybridized carbons (Fsp3) is 0.455. The van der Waals surface area contributed by atoms with Crippen molar-refractivity contribution in [3.63, 3.8) is 0 Å². The third-order valence-electron chi connectivity index (χ3n) is 16.1. The van der Waals surface area contributed by atoms with Crippen LogP contribution in [0.2, 0.25) is 0 Å². The van der Waals surface area contributed by atoms with Gasteiger partial charge < -0.3 is 64.4 Å². The van der Waals surface area contributed by atoms with Gasteiger partial charge >= 0.3 is 12.2 Å². The van der Waals surface area contributed by atoms with Crippen LogP contribution < -0.4 is 25.3 Å². The van der Waals surface area contributed by atoms with Crippen LogP contribution in [0, 0.1) is 34.9 Å². The van der Waals surface area contributed by atoms with E-state index in [0.29, 0.717) is 60.4 Å². The first-order valence-corrected chi connectivity index (χ1v) is 26.5. The molecule has 0 bridgehead atoms. The standard InChI is InChI=1S/C55H61F6N11O8/c1-27(78-3)46(66-54(75)76)52(73)70-15-7-11-44(70)50-62-38-23-30(34(58)25-40(38)64-50)42-13-14-43(72(42)29-21-36(60)49(37(61)22-29)69-19-17-68(18-20-69)48-32(56)9-6-10-33(48)57)31-24-39-41(26-35(31)59)65-51(63-39)45-12-8-16-71(45)53(74)47(28(2)79-4)67-55(77)80-5/h6,9-10,21-28,42-47,66H,7-8,11-20H2,1-5H3,(H,62,64)(H,63,65)(H,67,77)(H,75,76)/t27-,28?,42-,43-,44+,45+,46+,47+/m1/s1. The van der Waals surface area contributed by atoms with Crippen LogP contribution >= 0.6 is 0 Å². The highest BCUT2D eigenvalue weighted by Gasteiger charge is 2.43. The lowest BCUT2D eigenvalue weighted by Crippen LogP contribution is -2.54. The Morgan fingerprint density at radius 2 is 1.02 bits per heavy atom. The minimum Gasteiger partial charge on any atom is -0.465 e. The fourth-order valence-corrected chi connectivity index (χ4v) is 12.0.